The highest BCUT2D eigenvalue weighted by molar-refractivity contribution is 7.10. The summed E-state index contributed by atoms with van der Waals surface area (Å²) in [7, 11) is 0. The molecule has 21 heavy (non-hydrogen) atoms. The fourth-order valence-corrected chi connectivity index (χ4v) is 3.08. The Morgan fingerprint density at radius 2 is 1.95 bits per heavy atom. The quantitative estimate of drug-likeness (QED) is 0.792. The van der Waals surface area contributed by atoms with Crippen LogP contribution in [0.2, 0.25) is 10.0 Å². The van der Waals surface area contributed by atoms with Crippen molar-refractivity contribution in [3.8, 4) is 5.75 Å². The van der Waals surface area contributed by atoms with Crippen LogP contribution < -0.4 is 10.1 Å². The number of benzene rings is 1. The summed E-state index contributed by atoms with van der Waals surface area (Å²) in [6, 6.07) is 9.42. The van der Waals surface area contributed by atoms with Gasteiger partial charge in [-0.2, -0.15) is 0 Å². The molecular weight excluding hydrogens is 329 g/mol. The van der Waals surface area contributed by atoms with Gasteiger partial charge in [0.25, 0.3) is 0 Å². The smallest absolute Gasteiger partial charge is 0.156 e. The summed E-state index contributed by atoms with van der Waals surface area (Å²) in [5.41, 5.74) is 0. The summed E-state index contributed by atoms with van der Waals surface area (Å²) >= 11 is 13.7. The number of nitrogens with one attached hydrogen (secondary N) is 1. The number of rotatable bonds is 7. The van der Waals surface area contributed by atoms with Crippen LogP contribution in [0.4, 0.5) is 0 Å². The number of para-hydroxylation sites is 1. The van der Waals surface area contributed by atoms with Crippen molar-refractivity contribution < 1.29 is 9.84 Å². The fourth-order valence-electron chi connectivity index (χ4n) is 1.81. The Morgan fingerprint density at radius 3 is 2.57 bits per heavy atom. The van der Waals surface area contributed by atoms with Crippen molar-refractivity contribution in [2.45, 2.75) is 19.1 Å². The van der Waals surface area contributed by atoms with E-state index >= 15 is 0 Å². The summed E-state index contributed by atoms with van der Waals surface area (Å²) in [4.78, 5) is 1.23. The van der Waals surface area contributed by atoms with Crippen molar-refractivity contribution in [2.24, 2.45) is 0 Å². The van der Waals surface area contributed by atoms with E-state index in [4.69, 9.17) is 27.9 Å². The third-order valence-electron chi connectivity index (χ3n) is 2.97. The van der Waals surface area contributed by atoms with Gasteiger partial charge in [-0.15, -0.1) is 11.3 Å². The summed E-state index contributed by atoms with van der Waals surface area (Å²) in [6.07, 6.45) is -0.639. The highest BCUT2D eigenvalue weighted by Gasteiger charge is 2.12. The molecule has 0 aliphatic carbocycles. The number of thiophene rings is 1. The highest BCUT2D eigenvalue weighted by atomic mass is 35.5. The molecule has 1 heterocycles. The van der Waals surface area contributed by atoms with Crippen LogP contribution in [0.3, 0.4) is 0 Å². The van der Waals surface area contributed by atoms with E-state index in [1.54, 1.807) is 29.5 Å². The second-order valence-electron chi connectivity index (χ2n) is 4.66. The predicted molar refractivity (Wildman–Crippen MR) is 88.7 cm³/mol. The van der Waals surface area contributed by atoms with Crippen LogP contribution >= 0.6 is 34.5 Å². The normalized spacial score (nSPS) is 13.9. The molecule has 0 aliphatic heterocycles. The molecule has 2 atom stereocenters. The topological polar surface area (TPSA) is 41.5 Å². The second kappa shape index (κ2) is 8.01. The van der Waals surface area contributed by atoms with Gasteiger partial charge in [-0.3, -0.25) is 0 Å². The zero-order valence-electron chi connectivity index (χ0n) is 11.6. The van der Waals surface area contributed by atoms with E-state index in [1.807, 2.05) is 11.4 Å². The van der Waals surface area contributed by atoms with Crippen LogP contribution in [0.25, 0.3) is 0 Å². The molecule has 0 aliphatic rings. The molecule has 1 aromatic heterocycles. The predicted octanol–water partition coefficient (Wildman–Crippen LogP) is 4.15. The van der Waals surface area contributed by atoms with Crippen molar-refractivity contribution in [2.75, 3.05) is 13.2 Å². The molecule has 6 heteroatoms. The maximum Gasteiger partial charge on any atom is 0.156 e. The number of aliphatic hydroxyl groups excluding tert-OH is 1. The van der Waals surface area contributed by atoms with Gasteiger partial charge in [0.05, 0.1) is 10.0 Å². The monoisotopic (exact) mass is 345 g/mol. The first kappa shape index (κ1) is 16.6. The first-order valence-electron chi connectivity index (χ1n) is 6.59. The Kier molecular flexibility index (Phi) is 6.33. The lowest BCUT2D eigenvalue weighted by Crippen LogP contribution is -2.32. The maximum atomic E-state index is 9.97. The van der Waals surface area contributed by atoms with Gasteiger partial charge in [0, 0.05) is 17.5 Å². The fraction of sp³-hybridized carbons (Fsp3) is 0.333. The van der Waals surface area contributed by atoms with E-state index in [0.29, 0.717) is 22.3 Å². The van der Waals surface area contributed by atoms with E-state index in [9.17, 15) is 5.11 Å². The van der Waals surface area contributed by atoms with Crippen LogP contribution in [-0.2, 0) is 0 Å². The molecular formula is C15H17Cl2NO2S. The zero-order chi connectivity index (χ0) is 15.2. The summed E-state index contributed by atoms with van der Waals surface area (Å²) in [5, 5.41) is 16.1. The number of ether oxygens (including phenoxy) is 1. The molecule has 2 N–H and O–H groups in total. The lowest BCUT2D eigenvalue weighted by molar-refractivity contribution is 0.104. The molecule has 0 bridgehead atoms. The average Bonchev–Trinajstić information content (AvgIpc) is 2.98. The first-order chi connectivity index (χ1) is 10.1. The average molecular weight is 346 g/mol. The van der Waals surface area contributed by atoms with Gasteiger partial charge in [-0.05, 0) is 30.5 Å². The number of hydrogen-bond donors (Lipinski definition) is 2. The minimum absolute atomic E-state index is 0.133. The lowest BCUT2D eigenvalue weighted by atomic mass is 10.2. The van der Waals surface area contributed by atoms with Crippen molar-refractivity contribution in [1.82, 2.24) is 5.32 Å². The molecule has 2 aromatic rings. The minimum Gasteiger partial charge on any atom is -0.488 e. The summed E-state index contributed by atoms with van der Waals surface area (Å²) in [5.74, 6) is 0.409. The Hall–Kier alpha value is -0.780. The largest absolute Gasteiger partial charge is 0.488 e. The van der Waals surface area contributed by atoms with Gasteiger partial charge in [-0.1, -0.05) is 35.3 Å². The van der Waals surface area contributed by atoms with Crippen LogP contribution in [0.1, 0.15) is 17.8 Å². The summed E-state index contributed by atoms with van der Waals surface area (Å²) < 4.78 is 5.50. The van der Waals surface area contributed by atoms with Crippen LogP contribution in [0.5, 0.6) is 5.75 Å². The maximum absolute atomic E-state index is 9.97. The SMILES string of the molecule is C[C@@H](NCC(O)COc1c(Cl)cccc1Cl)c1cccs1. The molecule has 114 valence electrons. The Labute approximate surface area is 138 Å². The van der Waals surface area contributed by atoms with Crippen molar-refractivity contribution in [3.05, 3.63) is 50.6 Å². The second-order valence-corrected chi connectivity index (χ2v) is 6.45. The van der Waals surface area contributed by atoms with Crippen LogP contribution in [0.15, 0.2) is 35.7 Å². The van der Waals surface area contributed by atoms with E-state index < -0.39 is 6.10 Å². The molecule has 1 unspecified atom stereocenters. The molecule has 0 saturated heterocycles. The van der Waals surface area contributed by atoms with Crippen LogP contribution in [-0.4, -0.2) is 24.4 Å². The zero-order valence-corrected chi connectivity index (χ0v) is 13.9. The minimum atomic E-state index is -0.639. The van der Waals surface area contributed by atoms with Gasteiger partial charge in [0.15, 0.2) is 5.75 Å². The third kappa shape index (κ3) is 4.87. The summed E-state index contributed by atoms with van der Waals surface area (Å²) in [6.45, 7) is 2.62. The number of halogens is 2. The Balaban J connectivity index is 1.78. The van der Waals surface area contributed by atoms with Gasteiger partial charge in [0.1, 0.15) is 12.7 Å². The van der Waals surface area contributed by atoms with Gasteiger partial charge >= 0.3 is 0 Å². The Bertz CT molecular complexity index is 543. The van der Waals surface area contributed by atoms with Crippen LogP contribution in [0, 0.1) is 0 Å². The van der Waals surface area contributed by atoms with Gasteiger partial charge < -0.3 is 15.2 Å². The Morgan fingerprint density at radius 1 is 1.24 bits per heavy atom. The first-order valence-corrected chi connectivity index (χ1v) is 8.23. The standard InChI is InChI=1S/C15H17Cl2NO2S/c1-10(14-6-3-7-21-14)18-8-11(19)9-20-15-12(16)4-2-5-13(15)17/h2-7,10-11,18-19H,8-9H2,1H3/t10-,11?/m1/s1. The number of hydrogen-bond acceptors (Lipinski definition) is 4. The molecule has 2 rings (SSSR count). The molecule has 0 radical (unpaired) electrons. The molecule has 0 spiro atoms. The molecule has 0 fully saturated rings. The van der Waals surface area contributed by atoms with E-state index in [-0.39, 0.29) is 12.6 Å². The number of aliphatic hydroxyl groups is 1. The molecule has 1 aromatic carbocycles. The molecule has 0 amide bonds. The van der Waals surface area contributed by atoms with E-state index in [0.717, 1.165) is 0 Å². The van der Waals surface area contributed by atoms with Gasteiger partial charge in [-0.25, -0.2) is 0 Å². The molecule has 3 nitrogen and oxygen atoms in total. The van der Waals surface area contributed by atoms with E-state index in [1.165, 1.54) is 4.88 Å². The van der Waals surface area contributed by atoms with Gasteiger partial charge in [0.2, 0.25) is 0 Å². The lowest BCUT2D eigenvalue weighted by Gasteiger charge is -2.17. The van der Waals surface area contributed by atoms with E-state index in [2.05, 4.69) is 18.3 Å². The van der Waals surface area contributed by atoms with Crippen molar-refractivity contribution in [1.29, 1.82) is 0 Å². The van der Waals surface area contributed by atoms with Crippen molar-refractivity contribution in [3.63, 3.8) is 0 Å². The highest BCUT2D eigenvalue weighted by Crippen LogP contribution is 2.32. The third-order valence-corrected chi connectivity index (χ3v) is 4.62. The van der Waals surface area contributed by atoms with Crippen molar-refractivity contribution >= 4 is 34.5 Å². The molecule has 0 saturated carbocycles.